The Hall–Kier alpha value is -2.83. The highest BCUT2D eigenvalue weighted by molar-refractivity contribution is 6.31. The number of aromatic nitrogens is 1. The van der Waals surface area contributed by atoms with Gasteiger partial charge in [0.1, 0.15) is 5.69 Å². The number of anilines is 1. The highest BCUT2D eigenvalue weighted by Crippen LogP contribution is 2.20. The summed E-state index contributed by atoms with van der Waals surface area (Å²) >= 11 is 6.01. The van der Waals surface area contributed by atoms with E-state index in [-0.39, 0.29) is 17.9 Å². The van der Waals surface area contributed by atoms with Crippen LogP contribution in [0, 0.1) is 0 Å². The molecule has 3 N–H and O–H groups in total. The summed E-state index contributed by atoms with van der Waals surface area (Å²) in [6, 6.07) is 16.9. The first-order valence-corrected chi connectivity index (χ1v) is 10.1. The number of likely N-dealkylation sites (tertiary alicyclic amines) is 1. The molecular weight excluding hydrogens is 388 g/mol. The van der Waals surface area contributed by atoms with Gasteiger partial charge in [-0.3, -0.25) is 14.5 Å². The Kier molecular flexibility index (Phi) is 5.83. The summed E-state index contributed by atoms with van der Waals surface area (Å²) in [5.41, 5.74) is 2.23. The molecule has 1 fully saturated rings. The molecule has 2 aromatic carbocycles. The zero-order valence-electron chi connectivity index (χ0n) is 16.0. The van der Waals surface area contributed by atoms with E-state index in [4.69, 9.17) is 11.6 Å². The van der Waals surface area contributed by atoms with Gasteiger partial charge in [-0.05, 0) is 49.2 Å². The molecule has 0 spiro atoms. The number of amides is 2. The van der Waals surface area contributed by atoms with E-state index in [1.807, 2.05) is 48.5 Å². The number of piperidine rings is 1. The average molecular weight is 411 g/mol. The Bertz CT molecular complexity index is 1010. The van der Waals surface area contributed by atoms with E-state index in [0.717, 1.165) is 42.5 Å². The zero-order chi connectivity index (χ0) is 20.2. The van der Waals surface area contributed by atoms with E-state index in [9.17, 15) is 9.59 Å². The number of hydrogen-bond acceptors (Lipinski definition) is 3. The molecule has 4 rings (SSSR count). The molecule has 0 saturated carbocycles. The number of halogens is 1. The second-order valence-corrected chi connectivity index (χ2v) is 7.79. The molecule has 1 aromatic heterocycles. The van der Waals surface area contributed by atoms with E-state index in [0.29, 0.717) is 17.3 Å². The van der Waals surface area contributed by atoms with Gasteiger partial charge in [0.25, 0.3) is 5.91 Å². The molecule has 0 unspecified atom stereocenters. The lowest BCUT2D eigenvalue weighted by molar-refractivity contribution is -0.117. The van der Waals surface area contributed by atoms with Crippen LogP contribution in [0.1, 0.15) is 23.3 Å². The smallest absolute Gasteiger partial charge is 0.267 e. The fraction of sp³-hybridized carbons (Fsp3) is 0.273. The van der Waals surface area contributed by atoms with Gasteiger partial charge in [0.2, 0.25) is 5.91 Å². The predicted molar refractivity (Wildman–Crippen MR) is 115 cm³/mol. The second-order valence-electron chi connectivity index (χ2n) is 7.35. The number of carbonyl (C=O) groups excluding carboxylic acids is 2. The van der Waals surface area contributed by atoms with Gasteiger partial charge in [0.15, 0.2) is 0 Å². The fourth-order valence-corrected chi connectivity index (χ4v) is 3.83. The first kappa shape index (κ1) is 19.5. The van der Waals surface area contributed by atoms with Gasteiger partial charge in [0.05, 0.1) is 6.54 Å². The van der Waals surface area contributed by atoms with E-state index in [2.05, 4.69) is 20.5 Å². The number of para-hydroxylation sites is 1. The second kappa shape index (κ2) is 8.68. The van der Waals surface area contributed by atoms with E-state index in [1.54, 1.807) is 6.07 Å². The van der Waals surface area contributed by atoms with Gasteiger partial charge < -0.3 is 15.6 Å². The van der Waals surface area contributed by atoms with Crippen LogP contribution < -0.4 is 10.6 Å². The predicted octanol–water partition coefficient (Wildman–Crippen LogP) is 3.65. The summed E-state index contributed by atoms with van der Waals surface area (Å²) in [5.74, 6) is -0.131. The maximum atomic E-state index is 12.6. The van der Waals surface area contributed by atoms with Crippen LogP contribution in [0.5, 0.6) is 0 Å². The summed E-state index contributed by atoms with van der Waals surface area (Å²) in [6.45, 7) is 1.91. The largest absolute Gasteiger partial charge is 0.351 e. The normalized spacial score (nSPS) is 15.3. The Balaban J connectivity index is 1.26. The Labute approximate surface area is 174 Å². The summed E-state index contributed by atoms with van der Waals surface area (Å²) in [5, 5.41) is 7.56. The number of nitrogens with zero attached hydrogens (tertiary/aromatic N) is 1. The minimum Gasteiger partial charge on any atom is -0.351 e. The van der Waals surface area contributed by atoms with Crippen LogP contribution >= 0.6 is 11.6 Å². The zero-order valence-corrected chi connectivity index (χ0v) is 16.7. The number of fused-ring (bicyclic) bond motifs is 1. The molecule has 0 bridgehead atoms. The molecule has 7 heteroatoms. The number of carbonyl (C=O) groups is 2. The average Bonchev–Trinajstić information content (AvgIpc) is 3.13. The van der Waals surface area contributed by atoms with Crippen molar-refractivity contribution in [1.29, 1.82) is 0 Å². The maximum absolute atomic E-state index is 12.6. The number of nitrogens with one attached hydrogen (secondary N) is 3. The van der Waals surface area contributed by atoms with Gasteiger partial charge in [0, 0.05) is 40.7 Å². The summed E-state index contributed by atoms with van der Waals surface area (Å²) in [7, 11) is 0. The van der Waals surface area contributed by atoms with Crippen molar-refractivity contribution in [1.82, 2.24) is 15.2 Å². The lowest BCUT2D eigenvalue weighted by atomic mass is 10.0. The highest BCUT2D eigenvalue weighted by Gasteiger charge is 2.23. The SMILES string of the molecule is O=C(CN1CCC(NC(=O)c2cc3cc(Cl)ccc3[nH]2)CC1)Nc1ccccc1. The van der Waals surface area contributed by atoms with E-state index in [1.165, 1.54) is 0 Å². The third-order valence-corrected chi connectivity index (χ3v) is 5.41. The first-order chi connectivity index (χ1) is 14.1. The molecule has 0 radical (unpaired) electrons. The fourth-order valence-electron chi connectivity index (χ4n) is 3.65. The number of rotatable bonds is 5. The van der Waals surface area contributed by atoms with Gasteiger partial charge in [-0.15, -0.1) is 0 Å². The Morgan fingerprint density at radius 1 is 1.07 bits per heavy atom. The third-order valence-electron chi connectivity index (χ3n) is 5.17. The molecule has 2 heterocycles. The monoisotopic (exact) mass is 410 g/mol. The van der Waals surface area contributed by atoms with Crippen molar-refractivity contribution in [2.24, 2.45) is 0 Å². The van der Waals surface area contributed by atoms with Crippen molar-refractivity contribution >= 4 is 40.0 Å². The molecule has 1 aliphatic rings. The van der Waals surface area contributed by atoms with Crippen LogP contribution in [-0.2, 0) is 4.79 Å². The van der Waals surface area contributed by atoms with Crippen molar-refractivity contribution in [3.63, 3.8) is 0 Å². The van der Waals surface area contributed by atoms with E-state index < -0.39 is 0 Å². The molecule has 1 aliphatic heterocycles. The molecule has 0 atom stereocenters. The Morgan fingerprint density at radius 2 is 1.83 bits per heavy atom. The maximum Gasteiger partial charge on any atom is 0.267 e. The summed E-state index contributed by atoms with van der Waals surface area (Å²) in [4.78, 5) is 30.0. The molecule has 3 aromatic rings. The molecule has 150 valence electrons. The van der Waals surface area contributed by atoms with E-state index >= 15 is 0 Å². The molecule has 2 amide bonds. The molecular formula is C22H23ClN4O2. The molecule has 1 saturated heterocycles. The Morgan fingerprint density at radius 3 is 2.59 bits per heavy atom. The molecule has 29 heavy (non-hydrogen) atoms. The van der Waals surface area contributed by atoms with Crippen molar-refractivity contribution in [3.05, 3.63) is 65.3 Å². The first-order valence-electron chi connectivity index (χ1n) is 9.73. The molecule has 0 aliphatic carbocycles. The number of aromatic amines is 1. The summed E-state index contributed by atoms with van der Waals surface area (Å²) in [6.07, 6.45) is 1.63. The van der Waals surface area contributed by atoms with Crippen molar-refractivity contribution < 1.29 is 9.59 Å². The third kappa shape index (κ3) is 4.96. The van der Waals surface area contributed by atoms with Crippen LogP contribution in [0.3, 0.4) is 0 Å². The van der Waals surface area contributed by atoms with Crippen LogP contribution in [0.4, 0.5) is 5.69 Å². The molecule has 6 nitrogen and oxygen atoms in total. The number of H-pyrrole nitrogens is 1. The summed E-state index contributed by atoms with van der Waals surface area (Å²) < 4.78 is 0. The van der Waals surface area contributed by atoms with Gasteiger partial charge in [-0.2, -0.15) is 0 Å². The van der Waals surface area contributed by atoms with Crippen LogP contribution in [-0.4, -0.2) is 47.4 Å². The lowest BCUT2D eigenvalue weighted by Crippen LogP contribution is -2.46. The van der Waals surface area contributed by atoms with Gasteiger partial charge >= 0.3 is 0 Å². The standard InChI is InChI=1S/C22H23ClN4O2/c23-16-6-7-19-15(12-16)13-20(26-19)22(29)25-18-8-10-27(11-9-18)14-21(28)24-17-4-2-1-3-5-17/h1-7,12-13,18,26H,8-11,14H2,(H,24,28)(H,25,29). The minimum absolute atomic E-state index is 0.0181. The highest BCUT2D eigenvalue weighted by atomic mass is 35.5. The van der Waals surface area contributed by atoms with Crippen LogP contribution in [0.25, 0.3) is 10.9 Å². The number of benzene rings is 2. The van der Waals surface area contributed by atoms with Crippen LogP contribution in [0.15, 0.2) is 54.6 Å². The van der Waals surface area contributed by atoms with Crippen molar-refractivity contribution in [2.75, 3.05) is 25.0 Å². The lowest BCUT2D eigenvalue weighted by Gasteiger charge is -2.31. The van der Waals surface area contributed by atoms with Crippen LogP contribution in [0.2, 0.25) is 5.02 Å². The van der Waals surface area contributed by atoms with Gasteiger partial charge in [-0.1, -0.05) is 29.8 Å². The topological polar surface area (TPSA) is 77.2 Å². The quantitative estimate of drug-likeness (QED) is 0.600. The van der Waals surface area contributed by atoms with Crippen molar-refractivity contribution in [3.8, 4) is 0 Å². The minimum atomic E-state index is -0.113. The van der Waals surface area contributed by atoms with Crippen molar-refractivity contribution in [2.45, 2.75) is 18.9 Å². The number of hydrogen-bond donors (Lipinski definition) is 3. The van der Waals surface area contributed by atoms with Gasteiger partial charge in [-0.25, -0.2) is 0 Å².